The van der Waals surface area contributed by atoms with E-state index in [-0.39, 0.29) is 0 Å². The van der Waals surface area contributed by atoms with Gasteiger partial charge in [-0.3, -0.25) is 0 Å². The Bertz CT molecular complexity index is 513. The largest absolute Gasteiger partial charge is 0.208 e. The lowest BCUT2D eigenvalue weighted by atomic mass is 10.0. The topological polar surface area (TPSA) is 7.76 Å². The molecule has 2 heterocycles. The number of rotatable bonds is 1. The van der Waals surface area contributed by atoms with Crippen LogP contribution < -0.4 is 9.13 Å². The van der Waals surface area contributed by atoms with Gasteiger partial charge < -0.3 is 0 Å². The van der Waals surface area contributed by atoms with E-state index in [0.29, 0.717) is 0 Å². The highest BCUT2D eigenvalue weighted by atomic mass is 14.9. The van der Waals surface area contributed by atoms with Crippen molar-refractivity contribution in [2.75, 3.05) is 0 Å². The van der Waals surface area contributed by atoms with Crippen LogP contribution >= 0.6 is 0 Å². The summed E-state index contributed by atoms with van der Waals surface area (Å²) in [5.41, 5.74) is 5.25. The molecule has 0 saturated carbocycles. The normalized spacial score (nSPS) is 10.5. The van der Waals surface area contributed by atoms with Crippen molar-refractivity contribution in [1.82, 2.24) is 0 Å². The van der Waals surface area contributed by atoms with E-state index in [1.165, 1.54) is 22.4 Å². The predicted octanol–water partition coefficient (Wildman–Crippen LogP) is 1.62. The molecule has 0 unspecified atom stereocenters. The third-order valence-corrected chi connectivity index (χ3v) is 3.23. The number of pyridine rings is 2. The molecule has 2 rings (SSSR count). The van der Waals surface area contributed by atoms with Gasteiger partial charge in [0.1, 0.15) is 14.1 Å². The van der Waals surface area contributed by atoms with Gasteiger partial charge in [-0.1, -0.05) is 0 Å². The molecular formula is C14H18N2+2. The molecule has 0 aliphatic heterocycles. The average molecular weight is 214 g/mol. The van der Waals surface area contributed by atoms with E-state index >= 15 is 0 Å². The lowest BCUT2D eigenvalue weighted by molar-refractivity contribution is -0.678. The van der Waals surface area contributed by atoms with Crippen LogP contribution in [0.25, 0.3) is 11.1 Å². The molecule has 2 heteroatoms. The molecule has 2 aromatic heterocycles. The zero-order valence-electron chi connectivity index (χ0n) is 10.4. The fourth-order valence-electron chi connectivity index (χ4n) is 1.88. The summed E-state index contributed by atoms with van der Waals surface area (Å²) >= 11 is 0. The Balaban J connectivity index is 2.57. The van der Waals surface area contributed by atoms with E-state index < -0.39 is 0 Å². The molecule has 2 aromatic rings. The Hall–Kier alpha value is -1.70. The molecule has 0 radical (unpaired) electrons. The predicted molar refractivity (Wildman–Crippen MR) is 63.7 cm³/mol. The molecule has 0 bridgehead atoms. The van der Waals surface area contributed by atoms with Gasteiger partial charge in [-0.2, -0.15) is 0 Å². The van der Waals surface area contributed by atoms with Gasteiger partial charge in [0.25, 0.3) is 0 Å². The molecule has 0 aliphatic carbocycles. The van der Waals surface area contributed by atoms with Gasteiger partial charge in [0.15, 0.2) is 24.3 Å². The quantitative estimate of drug-likeness (QED) is 0.637. The van der Waals surface area contributed by atoms with Crippen molar-refractivity contribution in [3.05, 3.63) is 48.0 Å². The maximum atomic E-state index is 2.18. The molecular weight excluding hydrogens is 196 g/mol. The van der Waals surface area contributed by atoms with Gasteiger partial charge in [0, 0.05) is 30.7 Å². The molecule has 0 amide bonds. The smallest absolute Gasteiger partial charge is 0.181 e. The SMILES string of the molecule is Cc1c(-c2cc[n+](C)cc2)cc[n+](C)c1C. The minimum atomic E-state index is 1.28. The lowest BCUT2D eigenvalue weighted by Gasteiger charge is -2.06. The summed E-state index contributed by atoms with van der Waals surface area (Å²) in [6, 6.07) is 6.49. The Morgan fingerprint density at radius 2 is 1.50 bits per heavy atom. The standard InChI is InChI=1S/C14H18N2/c1-11-12(2)16(4)10-7-14(11)13-5-8-15(3)9-6-13/h5-10H,1-4H3/q+2. The van der Waals surface area contributed by atoms with E-state index in [4.69, 9.17) is 0 Å². The fraction of sp³-hybridized carbons (Fsp3) is 0.286. The second-order valence-corrected chi connectivity index (χ2v) is 4.30. The van der Waals surface area contributed by atoms with Crippen LogP contribution in [0, 0.1) is 13.8 Å². The number of aromatic nitrogens is 2. The number of hydrogen-bond acceptors (Lipinski definition) is 0. The van der Waals surface area contributed by atoms with E-state index in [1.807, 2.05) is 7.05 Å². The van der Waals surface area contributed by atoms with Gasteiger partial charge in [-0.05, 0) is 18.1 Å². The zero-order chi connectivity index (χ0) is 11.7. The molecule has 16 heavy (non-hydrogen) atoms. The molecule has 0 spiro atoms. The molecule has 82 valence electrons. The summed E-state index contributed by atoms with van der Waals surface area (Å²) in [5, 5.41) is 0. The number of hydrogen-bond donors (Lipinski definition) is 0. The summed E-state index contributed by atoms with van der Waals surface area (Å²) in [5.74, 6) is 0. The first-order valence-corrected chi connectivity index (χ1v) is 5.51. The minimum Gasteiger partial charge on any atom is -0.208 e. The Morgan fingerprint density at radius 3 is 2.12 bits per heavy atom. The monoisotopic (exact) mass is 214 g/mol. The van der Waals surface area contributed by atoms with Crippen LogP contribution in [0.1, 0.15) is 11.3 Å². The molecule has 0 fully saturated rings. The van der Waals surface area contributed by atoms with Crippen LogP contribution in [0.3, 0.4) is 0 Å². The van der Waals surface area contributed by atoms with Crippen LogP contribution in [-0.2, 0) is 14.1 Å². The minimum absolute atomic E-state index is 1.28. The second kappa shape index (κ2) is 4.05. The van der Waals surface area contributed by atoms with Crippen molar-refractivity contribution in [3.8, 4) is 11.1 Å². The van der Waals surface area contributed by atoms with Crippen LogP contribution in [0.15, 0.2) is 36.8 Å². The molecule has 0 saturated heterocycles. The second-order valence-electron chi connectivity index (χ2n) is 4.30. The van der Waals surface area contributed by atoms with Crippen LogP contribution in [0.2, 0.25) is 0 Å². The highest BCUT2D eigenvalue weighted by Gasteiger charge is 2.11. The van der Waals surface area contributed by atoms with Crippen molar-refractivity contribution < 1.29 is 9.13 Å². The maximum Gasteiger partial charge on any atom is 0.181 e. The molecule has 0 N–H and O–H groups in total. The Morgan fingerprint density at radius 1 is 0.875 bits per heavy atom. The highest BCUT2D eigenvalue weighted by Crippen LogP contribution is 2.22. The maximum absolute atomic E-state index is 2.18. The van der Waals surface area contributed by atoms with E-state index in [0.717, 1.165) is 0 Å². The van der Waals surface area contributed by atoms with Crippen molar-refractivity contribution in [1.29, 1.82) is 0 Å². The van der Waals surface area contributed by atoms with Crippen molar-refractivity contribution >= 4 is 0 Å². The average Bonchev–Trinajstić information content (AvgIpc) is 2.28. The van der Waals surface area contributed by atoms with E-state index in [1.54, 1.807) is 0 Å². The van der Waals surface area contributed by atoms with Crippen LogP contribution in [0.4, 0.5) is 0 Å². The van der Waals surface area contributed by atoms with Gasteiger partial charge in [-0.15, -0.1) is 0 Å². The van der Waals surface area contributed by atoms with Crippen molar-refractivity contribution in [2.24, 2.45) is 14.1 Å². The summed E-state index contributed by atoms with van der Waals surface area (Å²) < 4.78 is 4.20. The highest BCUT2D eigenvalue weighted by molar-refractivity contribution is 5.65. The molecule has 0 aliphatic rings. The summed E-state index contributed by atoms with van der Waals surface area (Å²) in [6.45, 7) is 4.33. The third kappa shape index (κ3) is 1.83. The third-order valence-electron chi connectivity index (χ3n) is 3.23. The first-order valence-electron chi connectivity index (χ1n) is 5.51. The Kier molecular flexibility index (Phi) is 2.73. The van der Waals surface area contributed by atoms with E-state index in [9.17, 15) is 0 Å². The van der Waals surface area contributed by atoms with Gasteiger partial charge in [-0.25, -0.2) is 9.13 Å². The molecule has 2 nitrogen and oxygen atoms in total. The summed E-state index contributed by atoms with van der Waals surface area (Å²) in [6.07, 6.45) is 6.28. The first-order chi connectivity index (χ1) is 7.59. The van der Waals surface area contributed by atoms with Crippen LogP contribution in [0.5, 0.6) is 0 Å². The van der Waals surface area contributed by atoms with Gasteiger partial charge in [0.05, 0.1) is 0 Å². The fourth-order valence-corrected chi connectivity index (χ4v) is 1.88. The molecule has 0 atom stereocenters. The zero-order valence-corrected chi connectivity index (χ0v) is 10.4. The molecule has 0 aromatic carbocycles. The Labute approximate surface area is 96.8 Å². The van der Waals surface area contributed by atoms with E-state index in [2.05, 4.69) is 66.8 Å². The van der Waals surface area contributed by atoms with Gasteiger partial charge >= 0.3 is 0 Å². The summed E-state index contributed by atoms with van der Waals surface area (Å²) in [4.78, 5) is 0. The summed E-state index contributed by atoms with van der Waals surface area (Å²) in [7, 11) is 4.12. The van der Waals surface area contributed by atoms with Crippen molar-refractivity contribution in [2.45, 2.75) is 13.8 Å². The lowest BCUT2D eigenvalue weighted by Crippen LogP contribution is -2.32. The van der Waals surface area contributed by atoms with Crippen LogP contribution in [-0.4, -0.2) is 0 Å². The van der Waals surface area contributed by atoms with Crippen molar-refractivity contribution in [3.63, 3.8) is 0 Å². The number of nitrogens with zero attached hydrogens (tertiary/aromatic N) is 2. The van der Waals surface area contributed by atoms with Gasteiger partial charge in [0.2, 0.25) is 0 Å². The number of aryl methyl sites for hydroxylation is 2. The first kappa shape index (κ1) is 10.8.